The summed E-state index contributed by atoms with van der Waals surface area (Å²) in [6.45, 7) is 4.17. The van der Waals surface area contributed by atoms with Gasteiger partial charge < -0.3 is 23.8 Å². The summed E-state index contributed by atoms with van der Waals surface area (Å²) in [7, 11) is 5.93. The lowest BCUT2D eigenvalue weighted by Crippen LogP contribution is -2.28. The van der Waals surface area contributed by atoms with Gasteiger partial charge in [0.2, 0.25) is 0 Å². The molecule has 1 amide bonds. The van der Waals surface area contributed by atoms with Crippen molar-refractivity contribution >= 4 is 17.4 Å². The van der Waals surface area contributed by atoms with E-state index in [0.717, 1.165) is 0 Å². The van der Waals surface area contributed by atoms with Crippen molar-refractivity contribution in [2.45, 2.75) is 13.8 Å². The molecule has 0 aromatic heterocycles. The second kappa shape index (κ2) is 8.73. The van der Waals surface area contributed by atoms with Crippen molar-refractivity contribution < 1.29 is 28.5 Å². The summed E-state index contributed by atoms with van der Waals surface area (Å²) in [4.78, 5) is 27.1. The molecule has 27 heavy (non-hydrogen) atoms. The van der Waals surface area contributed by atoms with Crippen molar-refractivity contribution in [1.82, 2.24) is 4.90 Å². The van der Waals surface area contributed by atoms with Crippen LogP contribution in [0.3, 0.4) is 0 Å². The molecule has 7 heteroatoms. The summed E-state index contributed by atoms with van der Waals surface area (Å²) in [6.07, 6.45) is 0. The fourth-order valence-electron chi connectivity index (χ4n) is 3.21. The largest absolute Gasteiger partial charge is 0.496 e. The summed E-state index contributed by atoms with van der Waals surface area (Å²) in [5.74, 6) is 0.244. The topological polar surface area (TPSA) is 74.3 Å². The van der Waals surface area contributed by atoms with Gasteiger partial charge in [-0.05, 0) is 31.6 Å². The van der Waals surface area contributed by atoms with E-state index in [1.54, 1.807) is 53.4 Å². The molecule has 0 bridgehead atoms. The third-order valence-corrected chi connectivity index (χ3v) is 4.56. The molecule has 0 unspecified atom stereocenters. The molecule has 0 saturated carbocycles. The molecule has 1 aliphatic rings. The molecule has 7 nitrogen and oxygen atoms in total. The summed E-state index contributed by atoms with van der Waals surface area (Å²) < 4.78 is 20.9. The van der Waals surface area contributed by atoms with E-state index in [2.05, 4.69) is 0 Å². The average Bonchev–Trinajstić information content (AvgIpc) is 2.94. The Morgan fingerprint density at radius 1 is 1.07 bits per heavy atom. The van der Waals surface area contributed by atoms with Crippen LogP contribution in [0.5, 0.6) is 11.5 Å². The third kappa shape index (κ3) is 3.68. The van der Waals surface area contributed by atoms with Gasteiger partial charge in [0, 0.05) is 19.4 Å². The van der Waals surface area contributed by atoms with Gasteiger partial charge in [0.1, 0.15) is 11.5 Å². The SMILES string of the molecule is COCCN1C(=O)/C(=C(\C)c2c(OC)cccc2OC)C(C(=O)OC)=C1C. The molecule has 0 radical (unpaired) electrons. The lowest BCUT2D eigenvalue weighted by Gasteiger charge is -2.18. The Labute approximate surface area is 159 Å². The van der Waals surface area contributed by atoms with Crippen LogP contribution in [-0.4, -0.2) is 58.4 Å². The number of rotatable bonds is 7. The Morgan fingerprint density at radius 2 is 1.67 bits per heavy atom. The number of carbonyl (C=O) groups excluding carboxylic acids is 2. The van der Waals surface area contributed by atoms with Crippen molar-refractivity contribution in [3.63, 3.8) is 0 Å². The summed E-state index contributed by atoms with van der Waals surface area (Å²) in [5.41, 5.74) is 2.25. The third-order valence-electron chi connectivity index (χ3n) is 4.56. The maximum absolute atomic E-state index is 13.1. The van der Waals surface area contributed by atoms with Gasteiger partial charge in [0.25, 0.3) is 5.91 Å². The first kappa shape index (κ1) is 20.5. The van der Waals surface area contributed by atoms with Crippen LogP contribution in [0, 0.1) is 0 Å². The monoisotopic (exact) mass is 375 g/mol. The molecule has 0 spiro atoms. The van der Waals surface area contributed by atoms with Crippen LogP contribution in [0.15, 0.2) is 35.0 Å². The molecule has 0 saturated heterocycles. The number of benzene rings is 1. The zero-order chi connectivity index (χ0) is 20.1. The summed E-state index contributed by atoms with van der Waals surface area (Å²) in [5, 5.41) is 0. The van der Waals surface area contributed by atoms with Gasteiger partial charge in [0.15, 0.2) is 0 Å². The van der Waals surface area contributed by atoms with Gasteiger partial charge in [-0.2, -0.15) is 0 Å². The highest BCUT2D eigenvalue weighted by atomic mass is 16.5. The van der Waals surface area contributed by atoms with E-state index in [0.29, 0.717) is 41.5 Å². The van der Waals surface area contributed by atoms with Gasteiger partial charge in [-0.3, -0.25) is 4.79 Å². The van der Waals surface area contributed by atoms with E-state index < -0.39 is 5.97 Å². The second-order valence-electron chi connectivity index (χ2n) is 5.94. The quantitative estimate of drug-likeness (QED) is 0.538. The van der Waals surface area contributed by atoms with Crippen molar-refractivity contribution in [1.29, 1.82) is 0 Å². The standard InChI is InChI=1S/C20H25NO6/c1-12(16-14(25-4)8-7-9-15(16)26-5)17-18(20(23)27-6)13(2)21(19(17)22)10-11-24-3/h7-9H,10-11H2,1-6H3/b17-12+. The van der Waals surface area contributed by atoms with Crippen molar-refractivity contribution in [3.8, 4) is 11.5 Å². The lowest BCUT2D eigenvalue weighted by molar-refractivity contribution is -0.136. The van der Waals surface area contributed by atoms with Crippen molar-refractivity contribution in [3.05, 3.63) is 40.6 Å². The highest BCUT2D eigenvalue weighted by Gasteiger charge is 2.39. The highest BCUT2D eigenvalue weighted by Crippen LogP contribution is 2.41. The first-order valence-corrected chi connectivity index (χ1v) is 8.45. The normalized spacial score (nSPS) is 15.9. The van der Waals surface area contributed by atoms with Gasteiger partial charge >= 0.3 is 5.97 Å². The molecule has 0 fully saturated rings. The van der Waals surface area contributed by atoms with E-state index in [1.165, 1.54) is 12.0 Å². The number of amides is 1. The molecular weight excluding hydrogens is 350 g/mol. The minimum Gasteiger partial charge on any atom is -0.496 e. The maximum Gasteiger partial charge on any atom is 0.340 e. The Balaban J connectivity index is 2.73. The molecule has 1 heterocycles. The Bertz CT molecular complexity index is 786. The molecule has 0 atom stereocenters. The second-order valence-corrected chi connectivity index (χ2v) is 5.94. The molecule has 146 valence electrons. The number of allylic oxidation sites excluding steroid dienone is 2. The predicted molar refractivity (Wildman–Crippen MR) is 100 cm³/mol. The molecule has 0 N–H and O–H groups in total. The van der Waals surface area contributed by atoms with E-state index in [9.17, 15) is 9.59 Å². The Morgan fingerprint density at radius 3 is 2.15 bits per heavy atom. The van der Waals surface area contributed by atoms with Crippen LogP contribution >= 0.6 is 0 Å². The molecule has 1 aliphatic heterocycles. The van der Waals surface area contributed by atoms with E-state index >= 15 is 0 Å². The number of methoxy groups -OCH3 is 4. The summed E-state index contributed by atoms with van der Waals surface area (Å²) in [6, 6.07) is 5.35. The van der Waals surface area contributed by atoms with Gasteiger partial charge in [-0.25, -0.2) is 4.79 Å². The van der Waals surface area contributed by atoms with Gasteiger partial charge in [-0.1, -0.05) is 6.07 Å². The fraction of sp³-hybridized carbons (Fsp3) is 0.400. The maximum atomic E-state index is 13.1. The van der Waals surface area contributed by atoms with Crippen LogP contribution in [0.4, 0.5) is 0 Å². The van der Waals surface area contributed by atoms with Crippen LogP contribution in [0.2, 0.25) is 0 Å². The zero-order valence-corrected chi connectivity index (χ0v) is 16.5. The van der Waals surface area contributed by atoms with E-state index in [1.807, 2.05) is 0 Å². The fourth-order valence-corrected chi connectivity index (χ4v) is 3.21. The number of nitrogens with zero attached hydrogens (tertiary/aromatic N) is 1. The minimum atomic E-state index is -0.566. The van der Waals surface area contributed by atoms with Gasteiger partial charge in [-0.15, -0.1) is 0 Å². The Kier molecular flexibility index (Phi) is 6.63. The van der Waals surface area contributed by atoms with E-state index in [-0.39, 0.29) is 17.1 Å². The Hall–Kier alpha value is -2.80. The number of carbonyl (C=O) groups is 2. The lowest BCUT2D eigenvalue weighted by atomic mass is 9.95. The number of hydrogen-bond acceptors (Lipinski definition) is 6. The van der Waals surface area contributed by atoms with Crippen molar-refractivity contribution in [2.24, 2.45) is 0 Å². The molecule has 2 rings (SSSR count). The first-order chi connectivity index (χ1) is 12.9. The zero-order valence-electron chi connectivity index (χ0n) is 16.5. The highest BCUT2D eigenvalue weighted by molar-refractivity contribution is 6.18. The smallest absolute Gasteiger partial charge is 0.340 e. The van der Waals surface area contributed by atoms with E-state index in [4.69, 9.17) is 18.9 Å². The number of ether oxygens (including phenoxy) is 4. The molecule has 0 aliphatic carbocycles. The van der Waals surface area contributed by atoms with Crippen LogP contribution < -0.4 is 9.47 Å². The van der Waals surface area contributed by atoms with Crippen LogP contribution in [-0.2, 0) is 19.1 Å². The average molecular weight is 375 g/mol. The first-order valence-electron chi connectivity index (χ1n) is 8.45. The molecular formula is C20H25NO6. The van der Waals surface area contributed by atoms with Crippen molar-refractivity contribution in [2.75, 3.05) is 41.6 Å². The number of esters is 1. The summed E-state index contributed by atoms with van der Waals surface area (Å²) >= 11 is 0. The number of hydrogen-bond donors (Lipinski definition) is 0. The predicted octanol–water partition coefficient (Wildman–Crippen LogP) is 2.41. The molecule has 1 aromatic carbocycles. The van der Waals surface area contributed by atoms with Crippen LogP contribution in [0.1, 0.15) is 19.4 Å². The molecule has 1 aromatic rings. The van der Waals surface area contributed by atoms with Crippen LogP contribution in [0.25, 0.3) is 5.57 Å². The van der Waals surface area contributed by atoms with Gasteiger partial charge in [0.05, 0.1) is 44.6 Å². The minimum absolute atomic E-state index is 0.240.